The van der Waals surface area contributed by atoms with E-state index in [1.807, 2.05) is 6.92 Å². The first-order chi connectivity index (χ1) is 8.80. The fraction of sp³-hybridized carbons (Fsp3) is 0.875. The zero-order valence-corrected chi connectivity index (χ0v) is 12.3. The molecule has 3 rings (SSSR count). The predicted octanol–water partition coefficient (Wildman–Crippen LogP) is 2.94. The Kier molecular flexibility index (Phi) is 2.64. The number of ether oxygens (including phenoxy) is 1. The van der Waals surface area contributed by atoms with Gasteiger partial charge in [-0.1, -0.05) is 20.8 Å². The molecule has 2 aliphatic heterocycles. The van der Waals surface area contributed by atoms with E-state index in [9.17, 15) is 10.1 Å². The van der Waals surface area contributed by atoms with E-state index in [-0.39, 0.29) is 46.6 Å². The molecule has 0 amide bonds. The van der Waals surface area contributed by atoms with Gasteiger partial charge in [0, 0.05) is 11.8 Å². The van der Waals surface area contributed by atoms with Crippen LogP contribution in [0.3, 0.4) is 0 Å². The number of ketones is 1. The van der Waals surface area contributed by atoms with Crippen LogP contribution in [-0.4, -0.2) is 17.5 Å². The fourth-order valence-corrected chi connectivity index (χ4v) is 4.76. The molecule has 0 aromatic carbocycles. The minimum absolute atomic E-state index is 0.0541. The maximum atomic E-state index is 12.8. The zero-order chi connectivity index (χ0) is 14.0. The van der Waals surface area contributed by atoms with E-state index < -0.39 is 0 Å². The topological polar surface area (TPSA) is 50.1 Å². The second-order valence-corrected chi connectivity index (χ2v) is 7.63. The van der Waals surface area contributed by atoms with E-state index in [0.29, 0.717) is 0 Å². The number of nitriles is 1. The van der Waals surface area contributed by atoms with Crippen LogP contribution in [-0.2, 0) is 9.53 Å². The molecule has 1 aliphatic carbocycles. The Morgan fingerprint density at radius 2 is 2.05 bits per heavy atom. The van der Waals surface area contributed by atoms with E-state index in [1.165, 1.54) is 0 Å². The van der Waals surface area contributed by atoms with Crippen molar-refractivity contribution in [3.63, 3.8) is 0 Å². The van der Waals surface area contributed by atoms with Crippen LogP contribution in [0.25, 0.3) is 0 Å². The summed E-state index contributed by atoms with van der Waals surface area (Å²) < 4.78 is 6.26. The van der Waals surface area contributed by atoms with Gasteiger partial charge in [-0.05, 0) is 37.5 Å². The summed E-state index contributed by atoms with van der Waals surface area (Å²) in [4.78, 5) is 12.8. The third-order valence-electron chi connectivity index (χ3n) is 5.98. The van der Waals surface area contributed by atoms with Crippen LogP contribution in [0.5, 0.6) is 0 Å². The Morgan fingerprint density at radius 3 is 2.68 bits per heavy atom. The molecule has 3 heteroatoms. The second kappa shape index (κ2) is 3.82. The molecule has 0 aromatic heterocycles. The maximum Gasteiger partial charge on any atom is 0.143 e. The maximum absolute atomic E-state index is 12.8. The van der Waals surface area contributed by atoms with Crippen molar-refractivity contribution in [2.24, 2.45) is 29.1 Å². The van der Waals surface area contributed by atoms with Gasteiger partial charge in [0.2, 0.25) is 0 Å². The Labute approximate surface area is 115 Å². The molecule has 2 bridgehead atoms. The lowest BCUT2D eigenvalue weighted by atomic mass is 9.71. The molecule has 3 nitrogen and oxygen atoms in total. The third-order valence-corrected chi connectivity index (χ3v) is 5.98. The smallest absolute Gasteiger partial charge is 0.143 e. The number of carbonyl (C=O) groups is 1. The van der Waals surface area contributed by atoms with Crippen LogP contribution in [0.4, 0.5) is 0 Å². The van der Waals surface area contributed by atoms with Crippen LogP contribution in [0.1, 0.15) is 47.0 Å². The second-order valence-electron chi connectivity index (χ2n) is 7.63. The first-order valence-corrected chi connectivity index (χ1v) is 7.41. The molecule has 1 saturated carbocycles. The van der Waals surface area contributed by atoms with Crippen molar-refractivity contribution >= 4 is 5.78 Å². The van der Waals surface area contributed by atoms with E-state index >= 15 is 0 Å². The Bertz CT molecular complexity index is 464. The highest BCUT2D eigenvalue weighted by molar-refractivity contribution is 5.85. The van der Waals surface area contributed by atoms with Crippen molar-refractivity contribution < 1.29 is 9.53 Å². The quantitative estimate of drug-likeness (QED) is 0.673. The number of rotatable bonds is 0. The summed E-state index contributed by atoms with van der Waals surface area (Å²) in [6.45, 7) is 8.40. The minimum atomic E-state index is -0.196. The highest BCUT2D eigenvalue weighted by atomic mass is 16.5. The molecule has 3 aliphatic rings. The Morgan fingerprint density at radius 1 is 1.37 bits per heavy atom. The molecule has 6 atom stereocenters. The van der Waals surface area contributed by atoms with Gasteiger partial charge in [0.25, 0.3) is 0 Å². The number of fused-ring (bicyclic) bond motifs is 4. The van der Waals surface area contributed by atoms with Crippen LogP contribution in [0.15, 0.2) is 0 Å². The summed E-state index contributed by atoms with van der Waals surface area (Å²) in [5.74, 6) is 0.157. The summed E-state index contributed by atoms with van der Waals surface area (Å²) in [7, 11) is 0. The fourth-order valence-electron chi connectivity index (χ4n) is 4.76. The standard InChI is InChI=1S/C16H23NO2/c1-9-12-5-6-16(4,19-12)10-7-15(2,3)11(8-17)13(10)14(9)18/h9-13H,5-7H2,1-4H3/t9-,10+,11-,12-,13+,16+/m1/s1. The first kappa shape index (κ1) is 13.1. The largest absolute Gasteiger partial charge is 0.371 e. The minimum Gasteiger partial charge on any atom is -0.371 e. The van der Waals surface area contributed by atoms with E-state index in [2.05, 4.69) is 26.8 Å². The number of hydrogen-bond donors (Lipinski definition) is 0. The SMILES string of the molecule is C[C@H]1C(=O)[C@@H]2[C@@H](C#N)C(C)(C)C[C@@H]2[C@]2(C)CC[C@H]1O2. The molecule has 0 spiro atoms. The number of hydrogen-bond acceptors (Lipinski definition) is 3. The van der Waals surface area contributed by atoms with Gasteiger partial charge in [-0.2, -0.15) is 5.26 Å². The highest BCUT2D eigenvalue weighted by Gasteiger charge is 2.62. The lowest BCUT2D eigenvalue weighted by Crippen LogP contribution is -2.39. The lowest BCUT2D eigenvalue weighted by molar-refractivity contribution is -0.129. The molecule has 19 heavy (non-hydrogen) atoms. The number of carbonyl (C=O) groups excluding carboxylic acids is 1. The molecule has 104 valence electrons. The molecule has 2 heterocycles. The van der Waals surface area contributed by atoms with Crippen LogP contribution >= 0.6 is 0 Å². The van der Waals surface area contributed by atoms with Crippen molar-refractivity contribution in [3.8, 4) is 6.07 Å². The van der Waals surface area contributed by atoms with E-state index in [0.717, 1.165) is 19.3 Å². The highest BCUT2D eigenvalue weighted by Crippen LogP contribution is 2.59. The zero-order valence-electron chi connectivity index (χ0n) is 12.3. The average Bonchev–Trinajstić information content (AvgIpc) is 2.84. The summed E-state index contributed by atoms with van der Waals surface area (Å²) >= 11 is 0. The van der Waals surface area contributed by atoms with Crippen molar-refractivity contribution in [1.82, 2.24) is 0 Å². The van der Waals surface area contributed by atoms with Gasteiger partial charge < -0.3 is 4.74 Å². The normalized spacial score (nSPS) is 51.5. The number of nitrogens with zero attached hydrogens (tertiary/aromatic N) is 1. The molecule has 0 radical (unpaired) electrons. The lowest BCUT2D eigenvalue weighted by Gasteiger charge is -2.33. The number of Topliss-reactive ketones (excluding diaryl/α,β-unsaturated/α-hetero) is 1. The summed E-state index contributed by atoms with van der Waals surface area (Å²) in [6.07, 6.45) is 3.03. The van der Waals surface area contributed by atoms with Gasteiger partial charge in [-0.3, -0.25) is 4.79 Å². The van der Waals surface area contributed by atoms with Gasteiger partial charge in [-0.25, -0.2) is 0 Å². The summed E-state index contributed by atoms with van der Waals surface area (Å²) in [6, 6.07) is 2.43. The van der Waals surface area contributed by atoms with Crippen LogP contribution in [0.2, 0.25) is 0 Å². The van der Waals surface area contributed by atoms with E-state index in [1.54, 1.807) is 0 Å². The molecule has 2 saturated heterocycles. The molecular formula is C16H23NO2. The first-order valence-electron chi connectivity index (χ1n) is 7.41. The van der Waals surface area contributed by atoms with Crippen molar-refractivity contribution in [2.45, 2.75) is 58.7 Å². The van der Waals surface area contributed by atoms with E-state index in [4.69, 9.17) is 4.74 Å². The van der Waals surface area contributed by atoms with Gasteiger partial charge in [-0.15, -0.1) is 0 Å². The van der Waals surface area contributed by atoms with Gasteiger partial charge in [0.05, 0.1) is 23.7 Å². The van der Waals surface area contributed by atoms with Crippen LogP contribution in [0, 0.1) is 40.4 Å². The van der Waals surface area contributed by atoms with Gasteiger partial charge >= 0.3 is 0 Å². The van der Waals surface area contributed by atoms with Crippen LogP contribution < -0.4 is 0 Å². The molecular weight excluding hydrogens is 238 g/mol. The van der Waals surface area contributed by atoms with Gasteiger partial charge in [0.15, 0.2) is 0 Å². The molecule has 3 fully saturated rings. The average molecular weight is 261 g/mol. The predicted molar refractivity (Wildman–Crippen MR) is 71.2 cm³/mol. The molecule has 0 unspecified atom stereocenters. The third kappa shape index (κ3) is 1.62. The molecule has 0 aromatic rings. The molecule has 0 N–H and O–H groups in total. The Hall–Kier alpha value is -0.880. The van der Waals surface area contributed by atoms with Crippen molar-refractivity contribution in [3.05, 3.63) is 0 Å². The van der Waals surface area contributed by atoms with Gasteiger partial charge in [0.1, 0.15) is 5.78 Å². The summed E-state index contributed by atoms with van der Waals surface area (Å²) in [5.41, 5.74) is -0.278. The van der Waals surface area contributed by atoms with Crippen molar-refractivity contribution in [2.75, 3.05) is 0 Å². The van der Waals surface area contributed by atoms with Crippen molar-refractivity contribution in [1.29, 1.82) is 5.26 Å². The Balaban J connectivity index is 2.08. The monoisotopic (exact) mass is 261 g/mol. The summed E-state index contributed by atoms with van der Waals surface area (Å²) in [5, 5.41) is 9.55.